The molecule has 1 saturated heterocycles. The Hall–Kier alpha value is -0.120. The van der Waals surface area contributed by atoms with E-state index in [-0.39, 0.29) is 17.2 Å². The number of nitrogens with two attached hydrogens (primary N) is 1. The van der Waals surface area contributed by atoms with E-state index in [1.165, 1.54) is 0 Å². The quantitative estimate of drug-likeness (QED) is 0.736. The van der Waals surface area contributed by atoms with Crippen molar-refractivity contribution in [3.05, 3.63) is 0 Å². The monoisotopic (exact) mass is 229 g/mol. The van der Waals surface area contributed by atoms with E-state index in [0.717, 1.165) is 25.9 Å². The van der Waals surface area contributed by atoms with Crippen LogP contribution in [0.5, 0.6) is 0 Å². The molecular formula is C13H27NO2. The number of ether oxygens (including phenoxy) is 2. The van der Waals surface area contributed by atoms with Gasteiger partial charge in [-0.15, -0.1) is 0 Å². The van der Waals surface area contributed by atoms with Crippen molar-refractivity contribution < 1.29 is 9.47 Å². The molecule has 0 aromatic carbocycles. The molecule has 0 saturated carbocycles. The van der Waals surface area contributed by atoms with Gasteiger partial charge in [-0.25, -0.2) is 0 Å². The van der Waals surface area contributed by atoms with Gasteiger partial charge in [0.15, 0.2) is 0 Å². The number of hydrogen-bond donors (Lipinski definition) is 1. The van der Waals surface area contributed by atoms with Crippen LogP contribution in [0, 0.1) is 5.92 Å². The fourth-order valence-corrected chi connectivity index (χ4v) is 2.94. The summed E-state index contributed by atoms with van der Waals surface area (Å²) in [6, 6.07) is 0.215. The van der Waals surface area contributed by atoms with Crippen LogP contribution in [0.3, 0.4) is 0 Å². The summed E-state index contributed by atoms with van der Waals surface area (Å²) >= 11 is 0. The Balaban J connectivity index is 2.52. The molecule has 0 bridgehead atoms. The Morgan fingerprint density at radius 2 is 2.00 bits per heavy atom. The summed E-state index contributed by atoms with van der Waals surface area (Å²) in [5.74, 6) is 0.444. The van der Waals surface area contributed by atoms with Crippen molar-refractivity contribution >= 4 is 0 Å². The molecule has 2 N–H and O–H groups in total. The van der Waals surface area contributed by atoms with Gasteiger partial charge in [0.05, 0.1) is 11.2 Å². The van der Waals surface area contributed by atoms with Gasteiger partial charge in [0.25, 0.3) is 0 Å². The van der Waals surface area contributed by atoms with E-state index in [1.807, 2.05) is 0 Å². The van der Waals surface area contributed by atoms with Crippen LogP contribution in [-0.2, 0) is 9.47 Å². The van der Waals surface area contributed by atoms with Gasteiger partial charge in [0.2, 0.25) is 0 Å². The first-order valence-electron chi connectivity index (χ1n) is 6.23. The van der Waals surface area contributed by atoms with E-state index >= 15 is 0 Å². The Labute approximate surface area is 99.7 Å². The lowest BCUT2D eigenvalue weighted by molar-refractivity contribution is -0.0768. The number of methoxy groups -OCH3 is 1. The lowest BCUT2D eigenvalue weighted by atomic mass is 9.80. The second kappa shape index (κ2) is 5.03. The molecule has 0 aromatic rings. The first kappa shape index (κ1) is 13.9. The molecule has 0 aliphatic carbocycles. The maximum atomic E-state index is 6.28. The third-order valence-corrected chi connectivity index (χ3v) is 3.55. The molecule has 1 aliphatic heterocycles. The smallest absolute Gasteiger partial charge is 0.0677 e. The van der Waals surface area contributed by atoms with Crippen LogP contribution in [-0.4, -0.2) is 31.0 Å². The minimum Gasteiger partial charge on any atom is -0.385 e. The van der Waals surface area contributed by atoms with Crippen molar-refractivity contribution in [2.24, 2.45) is 11.7 Å². The van der Waals surface area contributed by atoms with E-state index in [9.17, 15) is 0 Å². The van der Waals surface area contributed by atoms with Crippen molar-refractivity contribution in [2.75, 3.05) is 13.7 Å². The van der Waals surface area contributed by atoms with Crippen LogP contribution >= 0.6 is 0 Å². The summed E-state index contributed by atoms with van der Waals surface area (Å²) in [5, 5.41) is 0. The molecule has 96 valence electrons. The van der Waals surface area contributed by atoms with Gasteiger partial charge in [-0.1, -0.05) is 0 Å². The number of rotatable bonds is 5. The van der Waals surface area contributed by atoms with E-state index < -0.39 is 0 Å². The summed E-state index contributed by atoms with van der Waals surface area (Å²) in [7, 11) is 1.73. The largest absolute Gasteiger partial charge is 0.385 e. The normalized spacial score (nSPS) is 29.2. The molecule has 2 unspecified atom stereocenters. The van der Waals surface area contributed by atoms with Crippen molar-refractivity contribution in [1.29, 1.82) is 0 Å². The number of hydrogen-bond acceptors (Lipinski definition) is 3. The van der Waals surface area contributed by atoms with E-state index in [0.29, 0.717) is 5.92 Å². The van der Waals surface area contributed by atoms with Gasteiger partial charge >= 0.3 is 0 Å². The maximum absolute atomic E-state index is 6.28. The van der Waals surface area contributed by atoms with Crippen molar-refractivity contribution in [2.45, 2.75) is 64.2 Å². The predicted molar refractivity (Wildman–Crippen MR) is 66.4 cm³/mol. The van der Waals surface area contributed by atoms with Gasteiger partial charge < -0.3 is 15.2 Å². The summed E-state index contributed by atoms with van der Waals surface area (Å²) in [5.41, 5.74) is 6.15. The highest BCUT2D eigenvalue weighted by Gasteiger charge is 2.47. The fraction of sp³-hybridized carbons (Fsp3) is 1.00. The second-order valence-electron chi connectivity index (χ2n) is 6.07. The van der Waals surface area contributed by atoms with Crippen LogP contribution in [0.4, 0.5) is 0 Å². The average molecular weight is 229 g/mol. The highest BCUT2D eigenvalue weighted by Crippen LogP contribution is 2.43. The molecule has 0 radical (unpaired) electrons. The summed E-state index contributed by atoms with van der Waals surface area (Å²) in [4.78, 5) is 0. The lowest BCUT2D eigenvalue weighted by Gasteiger charge is -2.31. The van der Waals surface area contributed by atoms with Crippen LogP contribution in [0.25, 0.3) is 0 Å². The summed E-state index contributed by atoms with van der Waals surface area (Å²) < 4.78 is 11.1. The first-order chi connectivity index (χ1) is 7.28. The zero-order chi connectivity index (χ0) is 12.4. The molecule has 1 heterocycles. The van der Waals surface area contributed by atoms with Crippen LogP contribution in [0.15, 0.2) is 0 Å². The zero-order valence-electron chi connectivity index (χ0n) is 11.4. The predicted octanol–water partition coefficient (Wildman–Crippen LogP) is 2.33. The minimum atomic E-state index is -0.101. The summed E-state index contributed by atoms with van der Waals surface area (Å²) in [6.45, 7) is 9.41. The molecule has 2 atom stereocenters. The average Bonchev–Trinajstić information content (AvgIpc) is 2.34. The molecule has 0 spiro atoms. The molecule has 16 heavy (non-hydrogen) atoms. The minimum absolute atomic E-state index is 0.0347. The van der Waals surface area contributed by atoms with E-state index in [1.54, 1.807) is 7.11 Å². The van der Waals surface area contributed by atoms with Crippen LogP contribution in [0.2, 0.25) is 0 Å². The molecule has 1 fully saturated rings. The van der Waals surface area contributed by atoms with E-state index in [2.05, 4.69) is 27.7 Å². The van der Waals surface area contributed by atoms with Crippen LogP contribution < -0.4 is 5.73 Å². The van der Waals surface area contributed by atoms with Crippen molar-refractivity contribution in [3.63, 3.8) is 0 Å². The highest BCUT2D eigenvalue weighted by molar-refractivity contribution is 4.98. The Bertz CT molecular complexity index is 226. The van der Waals surface area contributed by atoms with Gasteiger partial charge in [-0.05, 0) is 47.0 Å². The fourth-order valence-electron chi connectivity index (χ4n) is 2.94. The van der Waals surface area contributed by atoms with Crippen molar-refractivity contribution in [3.8, 4) is 0 Å². The second-order valence-corrected chi connectivity index (χ2v) is 6.07. The topological polar surface area (TPSA) is 44.5 Å². The van der Waals surface area contributed by atoms with Gasteiger partial charge in [0, 0.05) is 25.7 Å². The SMILES string of the molecule is COCCCC(N)C1CC(C)(C)OC1(C)C. The van der Waals surface area contributed by atoms with E-state index in [4.69, 9.17) is 15.2 Å². The molecule has 1 rings (SSSR count). The standard InChI is InChI=1S/C13H27NO2/c1-12(2)9-10(13(3,4)16-12)11(14)7-6-8-15-5/h10-11H,6-9,14H2,1-5H3. The first-order valence-corrected chi connectivity index (χ1v) is 6.23. The third kappa shape index (κ3) is 3.44. The molecular weight excluding hydrogens is 202 g/mol. The molecule has 0 aromatic heterocycles. The lowest BCUT2D eigenvalue weighted by Crippen LogP contribution is -2.41. The zero-order valence-corrected chi connectivity index (χ0v) is 11.4. The van der Waals surface area contributed by atoms with Crippen molar-refractivity contribution in [1.82, 2.24) is 0 Å². The summed E-state index contributed by atoms with van der Waals surface area (Å²) in [6.07, 6.45) is 3.10. The van der Waals surface area contributed by atoms with Gasteiger partial charge in [0.1, 0.15) is 0 Å². The highest BCUT2D eigenvalue weighted by atomic mass is 16.5. The molecule has 0 amide bonds. The van der Waals surface area contributed by atoms with Gasteiger partial charge in [-0.3, -0.25) is 0 Å². The maximum Gasteiger partial charge on any atom is 0.0677 e. The Morgan fingerprint density at radius 3 is 2.44 bits per heavy atom. The molecule has 3 heteroatoms. The molecule has 1 aliphatic rings. The third-order valence-electron chi connectivity index (χ3n) is 3.55. The van der Waals surface area contributed by atoms with Crippen LogP contribution in [0.1, 0.15) is 47.0 Å². The molecule has 3 nitrogen and oxygen atoms in total. The van der Waals surface area contributed by atoms with Gasteiger partial charge in [-0.2, -0.15) is 0 Å². The Kier molecular flexibility index (Phi) is 4.38. The Morgan fingerprint density at radius 1 is 1.38 bits per heavy atom.